The first kappa shape index (κ1) is 17.6. The van der Waals surface area contributed by atoms with E-state index in [-0.39, 0.29) is 11.6 Å². The SMILES string of the molecule is CCC(NCc1ccccc1)c1nc2cc(Cl)ccc2c(=O)n1CC. The van der Waals surface area contributed by atoms with Crippen LogP contribution in [0.25, 0.3) is 10.9 Å². The summed E-state index contributed by atoms with van der Waals surface area (Å²) < 4.78 is 1.75. The van der Waals surface area contributed by atoms with Gasteiger partial charge in [-0.2, -0.15) is 0 Å². The molecule has 130 valence electrons. The molecular formula is C20H22ClN3O. The molecule has 2 aromatic carbocycles. The van der Waals surface area contributed by atoms with Crippen LogP contribution in [0.3, 0.4) is 0 Å². The van der Waals surface area contributed by atoms with Crippen molar-refractivity contribution in [2.75, 3.05) is 0 Å². The molecule has 3 rings (SSSR count). The van der Waals surface area contributed by atoms with Crippen molar-refractivity contribution in [1.29, 1.82) is 0 Å². The molecule has 25 heavy (non-hydrogen) atoms. The molecule has 1 heterocycles. The van der Waals surface area contributed by atoms with Gasteiger partial charge in [0.05, 0.1) is 16.9 Å². The zero-order chi connectivity index (χ0) is 17.8. The van der Waals surface area contributed by atoms with Crippen LogP contribution in [-0.4, -0.2) is 9.55 Å². The summed E-state index contributed by atoms with van der Waals surface area (Å²) in [6, 6.07) is 15.5. The summed E-state index contributed by atoms with van der Waals surface area (Å²) in [7, 11) is 0. The highest BCUT2D eigenvalue weighted by Gasteiger charge is 2.18. The first-order valence-electron chi connectivity index (χ1n) is 8.61. The summed E-state index contributed by atoms with van der Waals surface area (Å²) in [6.45, 7) is 5.38. The lowest BCUT2D eigenvalue weighted by Gasteiger charge is -2.21. The van der Waals surface area contributed by atoms with Crippen molar-refractivity contribution in [3.05, 3.63) is 75.3 Å². The van der Waals surface area contributed by atoms with E-state index in [1.807, 2.05) is 25.1 Å². The number of nitrogens with zero attached hydrogens (tertiary/aromatic N) is 2. The minimum atomic E-state index is -0.0147. The minimum absolute atomic E-state index is 0.00348. The van der Waals surface area contributed by atoms with Crippen molar-refractivity contribution in [1.82, 2.24) is 14.9 Å². The van der Waals surface area contributed by atoms with Crippen LogP contribution >= 0.6 is 11.6 Å². The van der Waals surface area contributed by atoms with Gasteiger partial charge in [0.1, 0.15) is 5.82 Å². The molecule has 0 radical (unpaired) electrons. The Morgan fingerprint density at radius 2 is 1.92 bits per heavy atom. The summed E-state index contributed by atoms with van der Waals surface area (Å²) in [4.78, 5) is 17.6. The summed E-state index contributed by atoms with van der Waals surface area (Å²) >= 11 is 6.09. The van der Waals surface area contributed by atoms with Crippen LogP contribution in [0.15, 0.2) is 53.3 Å². The molecule has 0 aliphatic heterocycles. The molecule has 1 unspecified atom stereocenters. The van der Waals surface area contributed by atoms with E-state index >= 15 is 0 Å². The van der Waals surface area contributed by atoms with Crippen LogP contribution in [0.4, 0.5) is 0 Å². The Bertz CT molecular complexity index is 921. The Hall–Kier alpha value is -2.17. The van der Waals surface area contributed by atoms with Gasteiger partial charge >= 0.3 is 0 Å². The molecule has 0 saturated heterocycles. The number of aromatic nitrogens is 2. The van der Waals surface area contributed by atoms with Gasteiger partial charge < -0.3 is 5.32 Å². The Morgan fingerprint density at radius 1 is 1.16 bits per heavy atom. The Morgan fingerprint density at radius 3 is 2.60 bits per heavy atom. The number of fused-ring (bicyclic) bond motifs is 1. The van der Waals surface area contributed by atoms with Crippen molar-refractivity contribution >= 4 is 22.5 Å². The van der Waals surface area contributed by atoms with Crippen molar-refractivity contribution < 1.29 is 0 Å². The van der Waals surface area contributed by atoms with Gasteiger partial charge in [0.2, 0.25) is 0 Å². The normalized spacial score (nSPS) is 12.4. The maximum atomic E-state index is 12.8. The standard InChI is InChI=1S/C20H22ClN3O/c1-3-17(22-13-14-8-6-5-7-9-14)19-23-18-12-15(21)10-11-16(18)20(25)24(19)4-2/h5-12,17,22H,3-4,13H2,1-2H3. The van der Waals surface area contributed by atoms with E-state index in [1.165, 1.54) is 5.56 Å². The summed E-state index contributed by atoms with van der Waals surface area (Å²) in [5, 5.41) is 4.72. The lowest BCUT2D eigenvalue weighted by atomic mass is 10.1. The van der Waals surface area contributed by atoms with E-state index < -0.39 is 0 Å². The van der Waals surface area contributed by atoms with Gasteiger partial charge in [-0.1, -0.05) is 48.9 Å². The van der Waals surface area contributed by atoms with Crippen LogP contribution in [0.1, 0.15) is 37.7 Å². The van der Waals surface area contributed by atoms with Crippen LogP contribution in [0, 0.1) is 0 Å². The van der Waals surface area contributed by atoms with Gasteiger partial charge in [0, 0.05) is 18.1 Å². The number of benzene rings is 2. The predicted molar refractivity (Wildman–Crippen MR) is 103 cm³/mol. The lowest BCUT2D eigenvalue weighted by Crippen LogP contribution is -2.31. The fourth-order valence-electron chi connectivity index (χ4n) is 3.04. The second kappa shape index (κ2) is 7.81. The third-order valence-electron chi connectivity index (χ3n) is 4.38. The second-order valence-corrected chi connectivity index (χ2v) is 6.44. The molecule has 1 atom stereocenters. The van der Waals surface area contributed by atoms with E-state index in [0.717, 1.165) is 18.8 Å². The smallest absolute Gasteiger partial charge is 0.261 e. The molecule has 1 aromatic heterocycles. The van der Waals surface area contributed by atoms with Gasteiger partial charge in [0.15, 0.2) is 0 Å². The quantitative estimate of drug-likeness (QED) is 0.716. The maximum Gasteiger partial charge on any atom is 0.261 e. The minimum Gasteiger partial charge on any atom is -0.303 e. The average Bonchev–Trinajstić information content (AvgIpc) is 2.63. The topological polar surface area (TPSA) is 46.9 Å². The van der Waals surface area contributed by atoms with Crippen molar-refractivity contribution in [3.8, 4) is 0 Å². The van der Waals surface area contributed by atoms with Crippen LogP contribution in [0.2, 0.25) is 5.02 Å². The third kappa shape index (κ3) is 3.75. The number of hydrogen-bond donors (Lipinski definition) is 1. The highest BCUT2D eigenvalue weighted by Crippen LogP contribution is 2.20. The molecule has 0 saturated carbocycles. The van der Waals surface area contributed by atoms with Gasteiger partial charge in [-0.3, -0.25) is 9.36 Å². The molecule has 0 bridgehead atoms. The zero-order valence-corrected chi connectivity index (χ0v) is 15.3. The number of nitrogens with one attached hydrogen (secondary N) is 1. The fourth-order valence-corrected chi connectivity index (χ4v) is 3.20. The Labute approximate surface area is 152 Å². The number of hydrogen-bond acceptors (Lipinski definition) is 3. The predicted octanol–water partition coefficient (Wildman–Crippen LogP) is 4.31. The highest BCUT2D eigenvalue weighted by atomic mass is 35.5. The van der Waals surface area contributed by atoms with E-state index in [0.29, 0.717) is 22.5 Å². The molecule has 0 aliphatic carbocycles. The molecule has 0 aliphatic rings. The highest BCUT2D eigenvalue weighted by molar-refractivity contribution is 6.31. The maximum absolute atomic E-state index is 12.8. The summed E-state index contributed by atoms with van der Waals surface area (Å²) in [5.74, 6) is 0.765. The fraction of sp³-hybridized carbons (Fsp3) is 0.300. The van der Waals surface area contributed by atoms with E-state index in [1.54, 1.807) is 22.8 Å². The largest absolute Gasteiger partial charge is 0.303 e. The summed E-state index contributed by atoms with van der Waals surface area (Å²) in [5.41, 5.74) is 1.84. The molecule has 0 amide bonds. The van der Waals surface area contributed by atoms with Gasteiger partial charge in [0.25, 0.3) is 5.56 Å². The van der Waals surface area contributed by atoms with Gasteiger partial charge in [-0.05, 0) is 37.1 Å². The molecule has 1 N–H and O–H groups in total. The van der Waals surface area contributed by atoms with Gasteiger partial charge in [-0.15, -0.1) is 0 Å². The van der Waals surface area contributed by atoms with Crippen molar-refractivity contribution in [2.45, 2.75) is 39.4 Å². The molecule has 5 heteroatoms. The van der Waals surface area contributed by atoms with Crippen LogP contribution in [-0.2, 0) is 13.1 Å². The first-order valence-corrected chi connectivity index (χ1v) is 8.99. The average molecular weight is 356 g/mol. The second-order valence-electron chi connectivity index (χ2n) is 6.01. The van der Waals surface area contributed by atoms with Gasteiger partial charge in [-0.25, -0.2) is 4.98 Å². The third-order valence-corrected chi connectivity index (χ3v) is 4.61. The molecule has 0 spiro atoms. The summed E-state index contributed by atoms with van der Waals surface area (Å²) in [6.07, 6.45) is 0.839. The Balaban J connectivity index is 2.00. The molecule has 4 nitrogen and oxygen atoms in total. The number of halogens is 1. The van der Waals surface area contributed by atoms with E-state index in [9.17, 15) is 4.79 Å². The molecular weight excluding hydrogens is 334 g/mol. The zero-order valence-electron chi connectivity index (χ0n) is 14.5. The van der Waals surface area contributed by atoms with Crippen LogP contribution < -0.4 is 10.9 Å². The monoisotopic (exact) mass is 355 g/mol. The lowest BCUT2D eigenvalue weighted by molar-refractivity contribution is 0.462. The Kier molecular flexibility index (Phi) is 5.51. The van der Waals surface area contributed by atoms with Crippen LogP contribution in [0.5, 0.6) is 0 Å². The molecule has 0 fully saturated rings. The van der Waals surface area contributed by atoms with E-state index in [2.05, 4.69) is 24.4 Å². The van der Waals surface area contributed by atoms with E-state index in [4.69, 9.17) is 16.6 Å². The number of rotatable bonds is 6. The first-order chi connectivity index (χ1) is 12.1. The molecule has 3 aromatic rings. The van der Waals surface area contributed by atoms with Crippen molar-refractivity contribution in [2.24, 2.45) is 0 Å². The van der Waals surface area contributed by atoms with Crippen molar-refractivity contribution in [3.63, 3.8) is 0 Å².